The van der Waals surface area contributed by atoms with Crippen molar-refractivity contribution < 1.29 is 4.74 Å². The van der Waals surface area contributed by atoms with Gasteiger partial charge >= 0.3 is 0 Å². The number of unbranched alkanes of at least 4 members (excludes halogenated alkanes) is 7. The average molecular weight is 418 g/mol. The lowest BCUT2D eigenvalue weighted by Crippen LogP contribution is -2.46. The molecule has 4 nitrogen and oxygen atoms in total. The van der Waals surface area contributed by atoms with Crippen LogP contribution in [-0.4, -0.2) is 80.7 Å². The van der Waals surface area contributed by atoms with Crippen LogP contribution in [0, 0.1) is 0 Å². The van der Waals surface area contributed by atoms with Gasteiger partial charge in [-0.1, -0.05) is 57.2 Å². The molecule has 1 aromatic rings. The first kappa shape index (κ1) is 25.2. The summed E-state index contributed by atoms with van der Waals surface area (Å²) in [6.07, 6.45) is 12.1. The topological polar surface area (TPSA) is 19.0 Å². The van der Waals surface area contributed by atoms with E-state index in [9.17, 15) is 0 Å². The molecular formula is C26H47N3O. The largest absolute Gasteiger partial charge is 0.494 e. The van der Waals surface area contributed by atoms with Gasteiger partial charge < -0.3 is 19.4 Å². The van der Waals surface area contributed by atoms with Crippen LogP contribution in [0.25, 0.3) is 0 Å². The number of ether oxygens (including phenoxy) is 1. The third-order valence-corrected chi connectivity index (χ3v) is 6.40. The maximum Gasteiger partial charge on any atom is 0.119 e. The highest BCUT2D eigenvalue weighted by molar-refractivity contribution is 5.20. The Morgan fingerprint density at radius 3 is 1.87 bits per heavy atom. The standard InChI is InChI=1S/C26H47N3O/c1-3-27(2)18-13-14-20-29-23-21-28(22-24-29)19-12-7-5-4-6-8-15-25-30-26-16-10-9-11-17-26/h9-11,16-17H,3-8,12-15,18-25H2,1-2H3. The minimum absolute atomic E-state index is 0.853. The van der Waals surface area contributed by atoms with Crippen LogP contribution in [0.15, 0.2) is 30.3 Å². The van der Waals surface area contributed by atoms with Crippen LogP contribution in [0.2, 0.25) is 0 Å². The monoisotopic (exact) mass is 417 g/mol. The number of para-hydroxylation sites is 1. The molecule has 0 radical (unpaired) electrons. The van der Waals surface area contributed by atoms with Crippen LogP contribution in [0.1, 0.15) is 64.7 Å². The normalized spacial score (nSPS) is 15.7. The van der Waals surface area contributed by atoms with E-state index in [2.05, 4.69) is 28.7 Å². The molecule has 2 rings (SSSR count). The molecule has 0 amide bonds. The molecule has 0 bridgehead atoms. The van der Waals surface area contributed by atoms with Gasteiger partial charge in [0.15, 0.2) is 0 Å². The molecule has 0 spiro atoms. The summed E-state index contributed by atoms with van der Waals surface area (Å²) in [7, 11) is 2.22. The Kier molecular flexibility index (Phi) is 13.9. The molecule has 1 saturated heterocycles. The summed E-state index contributed by atoms with van der Waals surface area (Å²) in [6, 6.07) is 10.2. The molecule has 1 fully saturated rings. The van der Waals surface area contributed by atoms with Crippen molar-refractivity contribution in [2.75, 3.05) is 66.0 Å². The summed E-state index contributed by atoms with van der Waals surface area (Å²) in [4.78, 5) is 7.77. The lowest BCUT2D eigenvalue weighted by Gasteiger charge is -2.34. The maximum atomic E-state index is 5.76. The molecule has 172 valence electrons. The van der Waals surface area contributed by atoms with E-state index >= 15 is 0 Å². The summed E-state index contributed by atoms with van der Waals surface area (Å²) in [6.45, 7) is 13.2. The van der Waals surface area contributed by atoms with Crippen LogP contribution in [0.5, 0.6) is 5.75 Å². The molecule has 30 heavy (non-hydrogen) atoms. The Balaban J connectivity index is 1.33. The second-order valence-corrected chi connectivity index (χ2v) is 8.92. The third-order valence-electron chi connectivity index (χ3n) is 6.40. The summed E-state index contributed by atoms with van der Waals surface area (Å²) < 4.78 is 5.76. The minimum Gasteiger partial charge on any atom is -0.494 e. The average Bonchev–Trinajstić information content (AvgIpc) is 2.79. The third kappa shape index (κ3) is 11.9. The van der Waals surface area contributed by atoms with Crippen molar-refractivity contribution in [3.8, 4) is 5.75 Å². The number of piperazine rings is 1. The molecule has 1 heterocycles. The highest BCUT2D eigenvalue weighted by atomic mass is 16.5. The maximum absolute atomic E-state index is 5.76. The van der Waals surface area contributed by atoms with Crippen molar-refractivity contribution in [3.63, 3.8) is 0 Å². The highest BCUT2D eigenvalue weighted by Gasteiger charge is 2.15. The predicted octanol–water partition coefficient (Wildman–Crippen LogP) is 5.15. The van der Waals surface area contributed by atoms with E-state index in [-0.39, 0.29) is 0 Å². The molecule has 0 aliphatic carbocycles. The quantitative estimate of drug-likeness (QED) is 0.326. The van der Waals surface area contributed by atoms with Gasteiger partial charge in [0.05, 0.1) is 6.61 Å². The molecule has 1 aliphatic rings. The Hall–Kier alpha value is -1.10. The lowest BCUT2D eigenvalue weighted by molar-refractivity contribution is 0.128. The fourth-order valence-corrected chi connectivity index (χ4v) is 4.14. The zero-order valence-electron chi connectivity index (χ0n) is 19.9. The van der Waals surface area contributed by atoms with Gasteiger partial charge in [0.1, 0.15) is 5.75 Å². The number of hydrogen-bond acceptors (Lipinski definition) is 4. The molecule has 0 aromatic heterocycles. The van der Waals surface area contributed by atoms with Gasteiger partial charge in [-0.2, -0.15) is 0 Å². The fourth-order valence-electron chi connectivity index (χ4n) is 4.14. The fraction of sp³-hybridized carbons (Fsp3) is 0.769. The predicted molar refractivity (Wildman–Crippen MR) is 130 cm³/mol. The van der Waals surface area contributed by atoms with Gasteiger partial charge in [0.25, 0.3) is 0 Å². The van der Waals surface area contributed by atoms with Crippen molar-refractivity contribution in [2.24, 2.45) is 0 Å². The molecule has 0 N–H and O–H groups in total. The van der Waals surface area contributed by atoms with Crippen LogP contribution in [0.4, 0.5) is 0 Å². The Labute approximate surface area is 186 Å². The Morgan fingerprint density at radius 2 is 1.27 bits per heavy atom. The first-order valence-corrected chi connectivity index (χ1v) is 12.6. The second kappa shape index (κ2) is 16.6. The first-order chi connectivity index (χ1) is 14.8. The number of benzene rings is 1. The Morgan fingerprint density at radius 1 is 0.733 bits per heavy atom. The summed E-state index contributed by atoms with van der Waals surface area (Å²) >= 11 is 0. The molecule has 4 heteroatoms. The molecule has 1 aromatic carbocycles. The SMILES string of the molecule is CCN(C)CCCCN1CCN(CCCCCCCCCOc2ccccc2)CC1. The number of nitrogens with zero attached hydrogens (tertiary/aromatic N) is 3. The smallest absolute Gasteiger partial charge is 0.119 e. The number of hydrogen-bond donors (Lipinski definition) is 0. The zero-order valence-corrected chi connectivity index (χ0v) is 19.9. The molecule has 0 saturated carbocycles. The molecule has 1 aliphatic heterocycles. The van der Waals surface area contributed by atoms with E-state index in [1.807, 2.05) is 30.3 Å². The van der Waals surface area contributed by atoms with E-state index in [1.165, 1.54) is 110 Å². The molecule has 0 unspecified atom stereocenters. The Bertz CT molecular complexity index is 502. The molecular weight excluding hydrogens is 370 g/mol. The van der Waals surface area contributed by atoms with Gasteiger partial charge in [-0.15, -0.1) is 0 Å². The summed E-state index contributed by atoms with van der Waals surface area (Å²) in [5.74, 6) is 0.998. The second-order valence-electron chi connectivity index (χ2n) is 8.92. The van der Waals surface area contributed by atoms with E-state index in [1.54, 1.807) is 0 Å². The van der Waals surface area contributed by atoms with Gasteiger partial charge in [0, 0.05) is 26.2 Å². The summed E-state index contributed by atoms with van der Waals surface area (Å²) in [5.41, 5.74) is 0. The van der Waals surface area contributed by atoms with E-state index in [0.717, 1.165) is 12.4 Å². The van der Waals surface area contributed by atoms with E-state index in [0.29, 0.717) is 0 Å². The van der Waals surface area contributed by atoms with Crippen molar-refractivity contribution in [2.45, 2.75) is 64.7 Å². The van der Waals surface area contributed by atoms with E-state index < -0.39 is 0 Å². The zero-order chi connectivity index (χ0) is 21.3. The highest BCUT2D eigenvalue weighted by Crippen LogP contribution is 2.12. The minimum atomic E-state index is 0.853. The molecule has 0 atom stereocenters. The van der Waals surface area contributed by atoms with Crippen LogP contribution in [-0.2, 0) is 0 Å². The van der Waals surface area contributed by atoms with Gasteiger partial charge in [-0.3, -0.25) is 0 Å². The van der Waals surface area contributed by atoms with Crippen molar-refractivity contribution >= 4 is 0 Å². The van der Waals surface area contributed by atoms with Crippen LogP contribution >= 0.6 is 0 Å². The first-order valence-electron chi connectivity index (χ1n) is 12.6. The van der Waals surface area contributed by atoms with Crippen molar-refractivity contribution in [3.05, 3.63) is 30.3 Å². The van der Waals surface area contributed by atoms with Crippen molar-refractivity contribution in [1.82, 2.24) is 14.7 Å². The van der Waals surface area contributed by atoms with Crippen LogP contribution < -0.4 is 4.74 Å². The van der Waals surface area contributed by atoms with E-state index in [4.69, 9.17) is 4.74 Å². The van der Waals surface area contributed by atoms with Gasteiger partial charge in [0.2, 0.25) is 0 Å². The number of rotatable bonds is 17. The lowest BCUT2D eigenvalue weighted by atomic mass is 10.1. The van der Waals surface area contributed by atoms with Gasteiger partial charge in [-0.05, 0) is 71.0 Å². The summed E-state index contributed by atoms with van der Waals surface area (Å²) in [5, 5.41) is 0. The van der Waals surface area contributed by atoms with Crippen molar-refractivity contribution in [1.29, 1.82) is 0 Å². The van der Waals surface area contributed by atoms with Gasteiger partial charge in [-0.25, -0.2) is 0 Å². The van der Waals surface area contributed by atoms with Crippen LogP contribution in [0.3, 0.4) is 0 Å².